The van der Waals surface area contributed by atoms with E-state index in [2.05, 4.69) is 10.5 Å². The van der Waals surface area contributed by atoms with Crippen molar-refractivity contribution in [1.29, 1.82) is 0 Å². The van der Waals surface area contributed by atoms with Crippen molar-refractivity contribution in [1.82, 2.24) is 10.1 Å². The molecule has 2 aromatic rings. The van der Waals surface area contributed by atoms with Crippen LogP contribution in [0.4, 0.5) is 10.7 Å². The smallest absolute Gasteiger partial charge is 0.407 e. The van der Waals surface area contributed by atoms with E-state index in [0.29, 0.717) is 30.1 Å². The molecule has 3 rings (SSSR count). The zero-order chi connectivity index (χ0) is 16.4. The molecule has 1 aliphatic heterocycles. The molecule has 120 valence electrons. The van der Waals surface area contributed by atoms with Gasteiger partial charge in [0.25, 0.3) is 0 Å². The number of aromatic nitrogens is 1. The van der Waals surface area contributed by atoms with Crippen LogP contribution in [0.15, 0.2) is 34.9 Å². The lowest BCUT2D eigenvalue weighted by atomic mass is 10.1. The first-order chi connectivity index (χ1) is 11.0. The van der Waals surface area contributed by atoms with E-state index < -0.39 is 18.0 Å². The average Bonchev–Trinajstić information content (AvgIpc) is 3.16. The Morgan fingerprint density at radius 3 is 2.96 bits per heavy atom. The van der Waals surface area contributed by atoms with E-state index >= 15 is 0 Å². The number of carbonyl (C=O) groups is 2. The van der Waals surface area contributed by atoms with Gasteiger partial charge in [-0.05, 0) is 25.0 Å². The van der Waals surface area contributed by atoms with Crippen molar-refractivity contribution < 1.29 is 19.2 Å². The standard InChI is InChI=1S/C15H14ClN3O4/c16-10-4-1-3-9(7-10)11-8-13(23-18-11)17-14(20)12-5-2-6-19(12)15(21)22/h1,3-4,7-8,12H,2,5-6H2,(H,17,20)(H,21,22)/t12-/m0/s1. The Morgan fingerprint density at radius 2 is 2.22 bits per heavy atom. The molecule has 0 saturated carbocycles. The first-order valence-electron chi connectivity index (χ1n) is 7.07. The summed E-state index contributed by atoms with van der Waals surface area (Å²) in [6, 6.07) is 7.95. The van der Waals surface area contributed by atoms with Crippen molar-refractivity contribution in [3.63, 3.8) is 0 Å². The number of carboxylic acid groups (broad SMARTS) is 1. The van der Waals surface area contributed by atoms with Crippen LogP contribution in [-0.4, -0.2) is 39.8 Å². The summed E-state index contributed by atoms with van der Waals surface area (Å²) < 4.78 is 5.09. The summed E-state index contributed by atoms with van der Waals surface area (Å²) in [6.45, 7) is 0.359. The number of rotatable bonds is 3. The Labute approximate surface area is 136 Å². The van der Waals surface area contributed by atoms with Crippen LogP contribution in [0.25, 0.3) is 11.3 Å². The molecule has 1 aromatic carbocycles. The number of nitrogens with one attached hydrogen (secondary N) is 1. The average molecular weight is 336 g/mol. The minimum Gasteiger partial charge on any atom is -0.465 e. The van der Waals surface area contributed by atoms with Crippen LogP contribution in [0.2, 0.25) is 5.02 Å². The van der Waals surface area contributed by atoms with Gasteiger partial charge in [0, 0.05) is 23.2 Å². The van der Waals surface area contributed by atoms with Gasteiger partial charge in [0.15, 0.2) is 0 Å². The predicted octanol–water partition coefficient (Wildman–Crippen LogP) is 3.08. The zero-order valence-electron chi connectivity index (χ0n) is 12.0. The van der Waals surface area contributed by atoms with Crippen LogP contribution in [0, 0.1) is 0 Å². The number of hydrogen-bond donors (Lipinski definition) is 2. The third-order valence-electron chi connectivity index (χ3n) is 3.68. The highest BCUT2D eigenvalue weighted by Crippen LogP contribution is 2.25. The number of benzene rings is 1. The lowest BCUT2D eigenvalue weighted by Gasteiger charge is -2.19. The second-order valence-corrected chi connectivity index (χ2v) is 5.65. The monoisotopic (exact) mass is 335 g/mol. The Bertz CT molecular complexity index is 746. The van der Waals surface area contributed by atoms with Gasteiger partial charge in [0.2, 0.25) is 11.8 Å². The molecule has 1 saturated heterocycles. The summed E-state index contributed by atoms with van der Waals surface area (Å²) in [5.41, 5.74) is 1.29. The Morgan fingerprint density at radius 1 is 1.39 bits per heavy atom. The quantitative estimate of drug-likeness (QED) is 0.898. The fourth-order valence-electron chi connectivity index (χ4n) is 2.59. The molecule has 0 spiro atoms. The van der Waals surface area contributed by atoms with Gasteiger partial charge in [-0.3, -0.25) is 15.0 Å². The highest BCUT2D eigenvalue weighted by molar-refractivity contribution is 6.30. The molecular formula is C15H14ClN3O4. The maximum Gasteiger partial charge on any atom is 0.407 e. The van der Waals surface area contributed by atoms with Crippen LogP contribution in [-0.2, 0) is 4.79 Å². The second kappa shape index (κ2) is 6.29. The minimum atomic E-state index is -1.10. The van der Waals surface area contributed by atoms with E-state index in [9.17, 15) is 9.59 Å². The lowest BCUT2D eigenvalue weighted by Crippen LogP contribution is -2.42. The fraction of sp³-hybridized carbons (Fsp3) is 0.267. The lowest BCUT2D eigenvalue weighted by molar-refractivity contribution is -0.120. The second-order valence-electron chi connectivity index (χ2n) is 5.21. The molecule has 8 heteroatoms. The molecule has 1 atom stereocenters. The molecular weight excluding hydrogens is 322 g/mol. The van der Waals surface area contributed by atoms with Crippen LogP contribution in [0.5, 0.6) is 0 Å². The molecule has 0 unspecified atom stereocenters. The zero-order valence-corrected chi connectivity index (χ0v) is 12.8. The maximum absolute atomic E-state index is 12.2. The first-order valence-corrected chi connectivity index (χ1v) is 7.45. The predicted molar refractivity (Wildman–Crippen MR) is 83.3 cm³/mol. The molecule has 0 radical (unpaired) electrons. The van der Waals surface area contributed by atoms with Crippen molar-refractivity contribution in [2.24, 2.45) is 0 Å². The topological polar surface area (TPSA) is 95.7 Å². The third-order valence-corrected chi connectivity index (χ3v) is 3.91. The van der Waals surface area contributed by atoms with Gasteiger partial charge in [-0.2, -0.15) is 0 Å². The van der Waals surface area contributed by atoms with E-state index in [1.54, 1.807) is 24.3 Å². The summed E-state index contributed by atoms with van der Waals surface area (Å²) in [4.78, 5) is 24.4. The van der Waals surface area contributed by atoms with Crippen LogP contribution < -0.4 is 5.32 Å². The van der Waals surface area contributed by atoms with Gasteiger partial charge in [-0.1, -0.05) is 28.9 Å². The third kappa shape index (κ3) is 3.29. The molecule has 1 aromatic heterocycles. The fourth-order valence-corrected chi connectivity index (χ4v) is 2.78. The molecule has 1 fully saturated rings. The number of carbonyl (C=O) groups excluding carboxylic acids is 1. The van der Waals surface area contributed by atoms with E-state index in [4.69, 9.17) is 21.2 Å². The molecule has 0 aliphatic carbocycles. The van der Waals surface area contributed by atoms with E-state index in [-0.39, 0.29) is 5.88 Å². The normalized spacial score (nSPS) is 17.3. The van der Waals surface area contributed by atoms with Crippen molar-refractivity contribution in [2.45, 2.75) is 18.9 Å². The molecule has 2 heterocycles. The largest absolute Gasteiger partial charge is 0.465 e. The van der Waals surface area contributed by atoms with Crippen molar-refractivity contribution >= 4 is 29.5 Å². The molecule has 23 heavy (non-hydrogen) atoms. The van der Waals surface area contributed by atoms with Crippen LogP contribution in [0.1, 0.15) is 12.8 Å². The van der Waals surface area contributed by atoms with Gasteiger partial charge in [0.1, 0.15) is 11.7 Å². The minimum absolute atomic E-state index is 0.169. The van der Waals surface area contributed by atoms with Crippen molar-refractivity contribution in [3.05, 3.63) is 35.4 Å². The van der Waals surface area contributed by atoms with Crippen LogP contribution >= 0.6 is 11.6 Å². The summed E-state index contributed by atoms with van der Waals surface area (Å²) in [6.07, 6.45) is 0.0574. The first kappa shape index (κ1) is 15.4. The van der Waals surface area contributed by atoms with E-state index in [1.165, 1.54) is 0 Å². The van der Waals surface area contributed by atoms with Crippen molar-refractivity contribution in [3.8, 4) is 11.3 Å². The molecule has 2 N–H and O–H groups in total. The Hall–Kier alpha value is -2.54. The van der Waals surface area contributed by atoms with Gasteiger partial charge in [-0.25, -0.2) is 4.79 Å². The number of likely N-dealkylation sites (tertiary alicyclic amines) is 1. The number of nitrogens with zero attached hydrogens (tertiary/aromatic N) is 2. The number of halogens is 1. The van der Waals surface area contributed by atoms with Crippen molar-refractivity contribution in [2.75, 3.05) is 11.9 Å². The highest BCUT2D eigenvalue weighted by Gasteiger charge is 2.34. The van der Waals surface area contributed by atoms with Gasteiger partial charge >= 0.3 is 6.09 Å². The molecule has 0 bridgehead atoms. The van der Waals surface area contributed by atoms with Crippen LogP contribution in [0.3, 0.4) is 0 Å². The number of amides is 2. The summed E-state index contributed by atoms with van der Waals surface area (Å²) >= 11 is 5.93. The SMILES string of the molecule is O=C(Nc1cc(-c2cccc(Cl)c2)no1)[C@@H]1CCCN1C(=O)O. The summed E-state index contributed by atoms with van der Waals surface area (Å²) in [5.74, 6) is -0.249. The highest BCUT2D eigenvalue weighted by atomic mass is 35.5. The molecule has 2 amide bonds. The van der Waals surface area contributed by atoms with Gasteiger partial charge in [0.05, 0.1) is 0 Å². The summed E-state index contributed by atoms with van der Waals surface area (Å²) in [5, 5.41) is 16.1. The van der Waals surface area contributed by atoms with E-state index in [0.717, 1.165) is 10.5 Å². The Balaban J connectivity index is 1.72. The van der Waals surface area contributed by atoms with Gasteiger partial charge < -0.3 is 9.63 Å². The Kier molecular flexibility index (Phi) is 4.20. The van der Waals surface area contributed by atoms with E-state index in [1.807, 2.05) is 6.07 Å². The summed E-state index contributed by atoms with van der Waals surface area (Å²) in [7, 11) is 0. The molecule has 1 aliphatic rings. The number of anilines is 1. The molecule has 7 nitrogen and oxygen atoms in total. The maximum atomic E-state index is 12.2. The number of hydrogen-bond acceptors (Lipinski definition) is 4. The van der Waals surface area contributed by atoms with Gasteiger partial charge in [-0.15, -0.1) is 0 Å².